The summed E-state index contributed by atoms with van der Waals surface area (Å²) in [5.41, 5.74) is 1.27. The Morgan fingerprint density at radius 2 is 1.65 bits per heavy atom. The van der Waals surface area contributed by atoms with E-state index in [1.807, 2.05) is 13.8 Å². The van der Waals surface area contributed by atoms with Crippen LogP contribution in [0.1, 0.15) is 25.0 Å². The number of hydrogen-bond acceptors (Lipinski definition) is 4. The van der Waals surface area contributed by atoms with Crippen LogP contribution in [0.25, 0.3) is 0 Å². The second kappa shape index (κ2) is 8.24. The van der Waals surface area contributed by atoms with Gasteiger partial charge in [0.15, 0.2) is 0 Å². The molecule has 20 heavy (non-hydrogen) atoms. The number of likely N-dealkylation sites (N-methyl/N-ethyl adjacent to an activating group) is 1. The first-order chi connectivity index (χ1) is 9.34. The van der Waals surface area contributed by atoms with Crippen molar-refractivity contribution in [1.82, 2.24) is 4.31 Å². The lowest BCUT2D eigenvalue weighted by Gasteiger charge is -2.19. The van der Waals surface area contributed by atoms with Crippen LogP contribution in [0.4, 0.5) is 0 Å². The maximum Gasteiger partial charge on any atom is 0.243 e. The van der Waals surface area contributed by atoms with Gasteiger partial charge < -0.3 is 9.84 Å². The van der Waals surface area contributed by atoms with E-state index < -0.39 is 10.0 Å². The number of ether oxygens (including phenoxy) is 1. The van der Waals surface area contributed by atoms with Gasteiger partial charge in [-0.3, -0.25) is 0 Å². The molecule has 0 saturated heterocycles. The van der Waals surface area contributed by atoms with E-state index >= 15 is 0 Å². The van der Waals surface area contributed by atoms with Crippen molar-refractivity contribution in [3.05, 3.63) is 23.3 Å². The molecule has 0 unspecified atom stereocenters. The third-order valence-corrected chi connectivity index (χ3v) is 4.92. The number of aryl methyl sites for hydroxylation is 2. The number of aliphatic hydroxyl groups excluding tert-OH is 1. The Hall–Kier alpha value is -1.11. The van der Waals surface area contributed by atoms with Gasteiger partial charge in [-0.05, 0) is 37.1 Å². The molecule has 6 heteroatoms. The summed E-state index contributed by atoms with van der Waals surface area (Å²) in [6.07, 6.45) is 0. The standard InChI is InChI=1S/C12H19NO4S.C2H6/c1-9-7-11(17-4)8-10(2)12(9)18(15,16)13(3)5-6-14;1-2/h7-8,14H,5-6H2,1-4H3;1-2H3. The number of hydrogen-bond donors (Lipinski definition) is 1. The molecule has 5 nitrogen and oxygen atoms in total. The lowest BCUT2D eigenvalue weighted by Crippen LogP contribution is -2.30. The third-order valence-electron chi connectivity index (χ3n) is 2.75. The molecule has 0 fully saturated rings. The van der Waals surface area contributed by atoms with E-state index in [2.05, 4.69) is 0 Å². The predicted molar refractivity (Wildman–Crippen MR) is 80.7 cm³/mol. The fourth-order valence-corrected chi connectivity index (χ4v) is 3.42. The van der Waals surface area contributed by atoms with Crippen LogP contribution in [0.3, 0.4) is 0 Å². The molecule has 0 atom stereocenters. The molecule has 1 rings (SSSR count). The van der Waals surface area contributed by atoms with E-state index in [1.165, 1.54) is 7.05 Å². The quantitative estimate of drug-likeness (QED) is 0.903. The highest BCUT2D eigenvalue weighted by atomic mass is 32.2. The second-order valence-corrected chi connectivity index (χ2v) is 6.12. The summed E-state index contributed by atoms with van der Waals surface area (Å²) in [5, 5.41) is 8.84. The van der Waals surface area contributed by atoms with E-state index in [4.69, 9.17) is 9.84 Å². The zero-order valence-electron chi connectivity index (χ0n) is 13.1. The van der Waals surface area contributed by atoms with E-state index in [0.717, 1.165) is 4.31 Å². The molecule has 0 aromatic heterocycles. The zero-order chi connectivity index (χ0) is 15.9. The lowest BCUT2D eigenvalue weighted by molar-refractivity contribution is 0.266. The van der Waals surface area contributed by atoms with E-state index in [9.17, 15) is 8.42 Å². The first-order valence-electron chi connectivity index (χ1n) is 6.57. The molecule has 0 aliphatic carbocycles. The maximum absolute atomic E-state index is 12.3. The molecular formula is C14H25NO4S. The number of aliphatic hydroxyl groups is 1. The highest BCUT2D eigenvalue weighted by Gasteiger charge is 2.24. The van der Waals surface area contributed by atoms with Crippen molar-refractivity contribution in [3.8, 4) is 5.75 Å². The highest BCUT2D eigenvalue weighted by molar-refractivity contribution is 7.89. The Morgan fingerprint density at radius 3 is 2.00 bits per heavy atom. The number of nitrogens with zero attached hydrogens (tertiary/aromatic N) is 1. The molecule has 0 radical (unpaired) electrons. The van der Waals surface area contributed by atoms with E-state index in [0.29, 0.717) is 16.9 Å². The number of methoxy groups -OCH3 is 1. The number of sulfonamides is 1. The summed E-state index contributed by atoms with van der Waals surface area (Å²) in [6, 6.07) is 3.37. The van der Waals surface area contributed by atoms with Crippen LogP contribution in [0.5, 0.6) is 5.75 Å². The van der Waals surface area contributed by atoms with Gasteiger partial charge in [-0.25, -0.2) is 8.42 Å². The van der Waals surface area contributed by atoms with Crippen molar-refractivity contribution in [1.29, 1.82) is 0 Å². The predicted octanol–water partition coefficient (Wildman–Crippen LogP) is 1.95. The molecule has 1 aromatic rings. The van der Waals surface area contributed by atoms with Gasteiger partial charge in [0.05, 0.1) is 18.6 Å². The summed E-state index contributed by atoms with van der Waals surface area (Å²) < 4.78 is 30.9. The molecule has 0 aliphatic rings. The van der Waals surface area contributed by atoms with Crippen LogP contribution in [0.2, 0.25) is 0 Å². The van der Waals surface area contributed by atoms with Gasteiger partial charge in [0.2, 0.25) is 10.0 Å². The first-order valence-corrected chi connectivity index (χ1v) is 8.01. The highest BCUT2D eigenvalue weighted by Crippen LogP contribution is 2.27. The monoisotopic (exact) mass is 303 g/mol. The van der Waals surface area contributed by atoms with Crippen LogP contribution in [-0.2, 0) is 10.0 Å². The van der Waals surface area contributed by atoms with Gasteiger partial charge in [-0.1, -0.05) is 13.8 Å². The van der Waals surface area contributed by atoms with Gasteiger partial charge in [0.25, 0.3) is 0 Å². The van der Waals surface area contributed by atoms with Crippen molar-refractivity contribution in [3.63, 3.8) is 0 Å². The van der Waals surface area contributed by atoms with Gasteiger partial charge >= 0.3 is 0 Å². The average Bonchev–Trinajstić information content (AvgIpc) is 2.40. The van der Waals surface area contributed by atoms with Crippen LogP contribution >= 0.6 is 0 Å². The van der Waals surface area contributed by atoms with Gasteiger partial charge in [0, 0.05) is 13.6 Å². The Bertz CT molecular complexity index is 503. The zero-order valence-corrected chi connectivity index (χ0v) is 13.9. The SMILES string of the molecule is CC.COc1cc(C)c(S(=O)(=O)N(C)CCO)c(C)c1. The van der Waals surface area contributed by atoms with Crippen molar-refractivity contribution in [2.45, 2.75) is 32.6 Å². The van der Waals surface area contributed by atoms with Crippen LogP contribution in [-0.4, -0.2) is 45.1 Å². The van der Waals surface area contributed by atoms with E-state index in [1.54, 1.807) is 33.1 Å². The van der Waals surface area contributed by atoms with Gasteiger partial charge in [-0.15, -0.1) is 0 Å². The molecule has 0 spiro atoms. The summed E-state index contributed by atoms with van der Waals surface area (Å²) in [6.45, 7) is 7.33. The average molecular weight is 303 g/mol. The van der Waals surface area contributed by atoms with Crippen LogP contribution in [0.15, 0.2) is 17.0 Å². The number of benzene rings is 1. The Morgan fingerprint density at radius 1 is 1.20 bits per heavy atom. The minimum absolute atomic E-state index is 0.0766. The van der Waals surface area contributed by atoms with Crippen molar-refractivity contribution in [2.75, 3.05) is 27.3 Å². The second-order valence-electron chi connectivity index (χ2n) is 4.14. The number of rotatable bonds is 5. The molecule has 1 N–H and O–H groups in total. The largest absolute Gasteiger partial charge is 0.497 e. The summed E-state index contributed by atoms with van der Waals surface area (Å²) in [5.74, 6) is 0.633. The Labute approximate surface area is 122 Å². The van der Waals surface area contributed by atoms with Crippen LogP contribution < -0.4 is 4.74 Å². The summed E-state index contributed by atoms with van der Waals surface area (Å²) >= 11 is 0. The topological polar surface area (TPSA) is 66.8 Å². The van der Waals surface area contributed by atoms with Gasteiger partial charge in [0.1, 0.15) is 5.75 Å². The molecular weight excluding hydrogens is 278 g/mol. The van der Waals surface area contributed by atoms with E-state index in [-0.39, 0.29) is 18.0 Å². The first kappa shape index (κ1) is 18.9. The van der Waals surface area contributed by atoms with Crippen molar-refractivity contribution in [2.24, 2.45) is 0 Å². The Balaban J connectivity index is 0.00000172. The summed E-state index contributed by atoms with van der Waals surface area (Å²) in [4.78, 5) is 0.277. The smallest absolute Gasteiger partial charge is 0.243 e. The summed E-state index contributed by atoms with van der Waals surface area (Å²) in [7, 11) is -0.575. The maximum atomic E-state index is 12.3. The molecule has 0 bridgehead atoms. The lowest BCUT2D eigenvalue weighted by atomic mass is 10.1. The molecule has 0 heterocycles. The molecule has 116 valence electrons. The fourth-order valence-electron chi connectivity index (χ4n) is 1.85. The minimum Gasteiger partial charge on any atom is -0.497 e. The molecule has 0 saturated carbocycles. The molecule has 0 amide bonds. The molecule has 0 aliphatic heterocycles. The minimum atomic E-state index is -3.57. The Kier molecular flexibility index (Phi) is 7.78. The van der Waals surface area contributed by atoms with Crippen molar-refractivity contribution < 1.29 is 18.3 Å². The fraction of sp³-hybridized carbons (Fsp3) is 0.571. The van der Waals surface area contributed by atoms with Gasteiger partial charge in [-0.2, -0.15) is 4.31 Å². The van der Waals surface area contributed by atoms with Crippen molar-refractivity contribution >= 4 is 10.0 Å². The third kappa shape index (κ3) is 4.19. The molecule has 1 aromatic carbocycles. The van der Waals surface area contributed by atoms with Crippen LogP contribution in [0, 0.1) is 13.8 Å². The normalized spacial score (nSPS) is 11.0.